The third kappa shape index (κ3) is 34.7. The Hall–Kier alpha value is 2.19. The van der Waals surface area contributed by atoms with Gasteiger partial charge >= 0.3 is 38.4 Å². The first-order valence-electron chi connectivity index (χ1n) is 0.756. The van der Waals surface area contributed by atoms with E-state index in [1.165, 1.54) is 0 Å². The van der Waals surface area contributed by atoms with E-state index in [-0.39, 0.29) is 6.15 Å². The number of rotatable bonds is 0. The topological polar surface area (TPSA) is 35.0 Å². The summed E-state index contributed by atoms with van der Waals surface area (Å²) < 4.78 is 0. The fourth-order valence-corrected chi connectivity index (χ4v) is 0. The monoisotopic (exact) mass is 437 g/mol. The predicted octanol–water partition coefficient (Wildman–Crippen LogP) is 2.21. The van der Waals surface area contributed by atoms with Crippen LogP contribution in [0.1, 0.15) is 0 Å². The molecule has 0 aliphatic heterocycles. The van der Waals surface area contributed by atoms with Crippen LogP contribution in [-0.2, 0) is 0 Å². The normalized spacial score (nSPS) is 4.00. The molecular weight excluding hydrogens is 431 g/mol. The van der Waals surface area contributed by atoms with E-state index < -0.39 is 21.8 Å². The molecule has 0 atom stereocenters. The summed E-state index contributed by atoms with van der Waals surface area (Å²) in [5, 5.41) is 0. The molecule has 0 heterocycles. The summed E-state index contributed by atoms with van der Waals surface area (Å²) >= 11 is 1.18. The van der Waals surface area contributed by atoms with E-state index in [0.29, 0.717) is 0 Å². The first-order valence-corrected chi connectivity index (χ1v) is 12.5. The Bertz CT molecular complexity index is 13.5. The van der Waals surface area contributed by atoms with Gasteiger partial charge in [0.25, 0.3) is 0 Å². The average Bonchev–Trinajstić information content (AvgIpc) is 1.46. The Morgan fingerprint density at radius 2 is 1.33 bits per heavy atom. The van der Waals surface area contributed by atoms with Crippen LogP contribution in [-0.4, -0.2) is 26.7 Å². The first kappa shape index (κ1) is 15.7. The number of halogens is 3. The molecule has 0 rings (SSSR count). The molecule has 0 spiro atoms. The molecule has 40 valence electrons. The molecule has 5 heteroatoms. The van der Waals surface area contributed by atoms with Crippen LogP contribution in [0.4, 0.5) is 0 Å². The van der Waals surface area contributed by atoms with Gasteiger partial charge in [-0.1, -0.05) is 22.6 Å². The van der Waals surface area contributed by atoms with Crippen molar-refractivity contribution in [2.24, 2.45) is 0 Å². The predicted molar refractivity (Wildman–Crippen MR) is 42.4 cm³/mol. The first-order chi connectivity index (χ1) is 2.41. The van der Waals surface area contributed by atoms with Crippen molar-refractivity contribution < 1.29 is 0 Å². The fraction of sp³-hybridized carbons (Fsp3) is 1.00. The Labute approximate surface area is 71.0 Å². The van der Waals surface area contributed by atoms with Crippen molar-refractivity contribution in [3.8, 4) is 0 Å². The molecule has 2 radical (unpaired) electrons. The van der Waals surface area contributed by atoms with Gasteiger partial charge in [-0.2, -0.15) is 0 Å². The van der Waals surface area contributed by atoms with Gasteiger partial charge in [0.1, 0.15) is 0 Å². The zero-order valence-electron chi connectivity index (χ0n) is 3.34. The van der Waals surface area contributed by atoms with E-state index in [9.17, 15) is 0 Å². The SMILES string of the molecule is CI.N.[Cl][Pb][Cl]. The van der Waals surface area contributed by atoms with Crippen LogP contribution in [0.15, 0.2) is 0 Å². The van der Waals surface area contributed by atoms with Crippen LogP contribution < -0.4 is 6.15 Å². The van der Waals surface area contributed by atoms with E-state index in [4.69, 9.17) is 16.6 Å². The molecule has 0 saturated carbocycles. The Morgan fingerprint density at radius 1 is 1.33 bits per heavy atom. The molecule has 0 bridgehead atoms. The van der Waals surface area contributed by atoms with Gasteiger partial charge in [-0.3, -0.25) is 0 Å². The van der Waals surface area contributed by atoms with Crippen LogP contribution in [0.2, 0.25) is 0 Å². The fourth-order valence-electron chi connectivity index (χ4n) is 0. The number of hydrogen-bond acceptors (Lipinski definition) is 1. The van der Waals surface area contributed by atoms with Gasteiger partial charge in [-0.05, 0) is 4.93 Å². The summed E-state index contributed by atoms with van der Waals surface area (Å²) in [5.41, 5.74) is 0. The molecule has 0 aliphatic rings. The molecule has 0 amide bonds. The van der Waals surface area contributed by atoms with Crippen LogP contribution in [0, 0.1) is 0 Å². The van der Waals surface area contributed by atoms with Crippen molar-refractivity contribution >= 4 is 61.0 Å². The third-order valence-electron chi connectivity index (χ3n) is 0. The second-order valence-corrected chi connectivity index (χ2v) is 5.64. The minimum atomic E-state index is -0.972. The van der Waals surface area contributed by atoms with E-state index in [1.807, 2.05) is 4.93 Å². The van der Waals surface area contributed by atoms with E-state index in [2.05, 4.69) is 22.6 Å². The maximum absolute atomic E-state index is 4.96. The molecule has 0 aromatic heterocycles. The molecule has 6 heavy (non-hydrogen) atoms. The summed E-state index contributed by atoms with van der Waals surface area (Å²) in [6.07, 6.45) is 0. The van der Waals surface area contributed by atoms with Crippen molar-refractivity contribution in [2.75, 3.05) is 4.93 Å². The van der Waals surface area contributed by atoms with Crippen molar-refractivity contribution in [1.29, 1.82) is 0 Å². The maximum atomic E-state index is 4.96. The Morgan fingerprint density at radius 3 is 1.33 bits per heavy atom. The quantitative estimate of drug-likeness (QED) is 0.352. The van der Waals surface area contributed by atoms with Crippen LogP contribution >= 0.6 is 39.2 Å². The molecule has 0 unspecified atom stereocenters. The number of alkyl halides is 1. The van der Waals surface area contributed by atoms with E-state index in [0.717, 1.165) is 0 Å². The molecule has 0 aromatic carbocycles. The van der Waals surface area contributed by atoms with Crippen molar-refractivity contribution in [3.63, 3.8) is 0 Å². The second kappa shape index (κ2) is 27.1. The molecular formula is CH6Cl2INPb. The zero-order valence-corrected chi connectivity index (χ0v) is 10.9. The summed E-state index contributed by atoms with van der Waals surface area (Å²) in [5.74, 6) is 0. The molecule has 0 saturated heterocycles. The van der Waals surface area contributed by atoms with Crippen LogP contribution in [0.5, 0.6) is 0 Å². The van der Waals surface area contributed by atoms with Crippen LogP contribution in [0.25, 0.3) is 0 Å². The van der Waals surface area contributed by atoms with Gasteiger partial charge in [0.2, 0.25) is 0 Å². The molecule has 3 N–H and O–H groups in total. The van der Waals surface area contributed by atoms with Gasteiger partial charge in [0.15, 0.2) is 0 Å². The van der Waals surface area contributed by atoms with Gasteiger partial charge in [0, 0.05) is 0 Å². The van der Waals surface area contributed by atoms with Crippen molar-refractivity contribution in [2.45, 2.75) is 0 Å². The van der Waals surface area contributed by atoms with Crippen LogP contribution in [0.3, 0.4) is 0 Å². The Kier molecular flexibility index (Phi) is 70.9. The average molecular weight is 437 g/mol. The second-order valence-electron chi connectivity index (χ2n) is 0.0714. The van der Waals surface area contributed by atoms with Gasteiger partial charge in [-0.15, -0.1) is 0 Å². The summed E-state index contributed by atoms with van der Waals surface area (Å²) in [6, 6.07) is 0. The standard InChI is InChI=1S/CH3I.2ClH.H3N.Pb/c1-2;;;;/h1H3;2*1H;1H3;/q;;;;+2/p-2. The minimum absolute atomic E-state index is 0. The van der Waals surface area contributed by atoms with Crippen molar-refractivity contribution in [3.05, 3.63) is 0 Å². The molecule has 0 aliphatic carbocycles. The van der Waals surface area contributed by atoms with Crippen molar-refractivity contribution in [1.82, 2.24) is 6.15 Å². The summed E-state index contributed by atoms with van der Waals surface area (Å²) in [6.45, 7) is 0. The van der Waals surface area contributed by atoms with E-state index >= 15 is 0 Å². The summed E-state index contributed by atoms with van der Waals surface area (Å²) in [4.78, 5) is 1.97. The molecule has 0 aromatic rings. The Balaban J connectivity index is -0.0000000275. The molecule has 0 fully saturated rings. The van der Waals surface area contributed by atoms with E-state index in [1.54, 1.807) is 0 Å². The zero-order chi connectivity index (χ0) is 4.71. The summed E-state index contributed by atoms with van der Waals surface area (Å²) in [7, 11) is 9.92. The van der Waals surface area contributed by atoms with Gasteiger partial charge < -0.3 is 6.15 Å². The van der Waals surface area contributed by atoms with Gasteiger partial charge in [0.05, 0.1) is 0 Å². The number of hydrogen-bond donors (Lipinski definition) is 1. The third-order valence-corrected chi connectivity index (χ3v) is 0. The van der Waals surface area contributed by atoms with Gasteiger partial charge in [-0.25, -0.2) is 0 Å². The molecule has 1 nitrogen and oxygen atoms in total.